The third kappa shape index (κ3) is 7.61. The lowest BCUT2D eigenvalue weighted by atomic mass is 10.1. The van der Waals surface area contributed by atoms with Crippen LogP contribution >= 0.6 is 32.3 Å². The first-order valence-corrected chi connectivity index (χ1v) is 17.7. The summed E-state index contributed by atoms with van der Waals surface area (Å²) >= 11 is 7.73. The summed E-state index contributed by atoms with van der Waals surface area (Å²) in [6, 6.07) is 20.2. The molecule has 0 aliphatic rings. The number of hydrogen-bond acceptors (Lipinski definition) is 6. The topological polar surface area (TPSA) is 58.3 Å². The summed E-state index contributed by atoms with van der Waals surface area (Å²) in [5.41, 5.74) is 3.76. The number of thiazole rings is 1. The minimum Gasteiger partial charge on any atom is -0.350 e. The largest absolute Gasteiger partial charge is 0.350 e. The molecule has 224 valence electrons. The Labute approximate surface area is 261 Å². The fraction of sp³-hybridized carbons (Fsp3) is 0.303. The van der Waals surface area contributed by atoms with Gasteiger partial charge in [-0.1, -0.05) is 95.2 Å². The summed E-state index contributed by atoms with van der Waals surface area (Å²) in [6.07, 6.45) is 4.75. The molecule has 9 heteroatoms. The smallest absolute Gasteiger partial charge is 0.223 e. The maximum atomic E-state index is 6.12. The molecule has 0 saturated heterocycles. The van der Waals surface area contributed by atoms with Gasteiger partial charge >= 0.3 is 0 Å². The lowest BCUT2D eigenvalue weighted by Gasteiger charge is -2.33. The van der Waals surface area contributed by atoms with Crippen molar-refractivity contribution in [3.63, 3.8) is 0 Å². The molecule has 0 amide bonds. The molecule has 0 radical (unpaired) electrons. The number of anilines is 1. The first-order valence-electron chi connectivity index (χ1n) is 14.5. The van der Waals surface area contributed by atoms with Gasteiger partial charge in [0.2, 0.25) is 5.95 Å². The molecule has 6 nitrogen and oxygen atoms in total. The molecular formula is C33H43ClN6S2. The number of halogens is 1. The SMILES string of the molecule is C=S(=C)(c1ccc(Cl)cc1)N(CC)CC(CC)Nc1nccc(-c2c(-c3ccccc3)nc3sccn23)n1.CC.CC. The highest BCUT2D eigenvalue weighted by atomic mass is 35.5. The zero-order valence-corrected chi connectivity index (χ0v) is 27.9. The fourth-order valence-electron chi connectivity index (χ4n) is 4.45. The second kappa shape index (κ2) is 15.9. The van der Waals surface area contributed by atoms with E-state index in [1.807, 2.05) is 94.0 Å². The molecule has 0 spiro atoms. The molecule has 3 aromatic heterocycles. The Bertz CT molecular complexity index is 1630. The zero-order valence-electron chi connectivity index (χ0n) is 25.5. The van der Waals surface area contributed by atoms with Crippen LogP contribution in [0.5, 0.6) is 0 Å². The van der Waals surface area contributed by atoms with Crippen molar-refractivity contribution in [1.29, 1.82) is 0 Å². The summed E-state index contributed by atoms with van der Waals surface area (Å²) < 4.78 is 4.45. The van der Waals surface area contributed by atoms with Crippen LogP contribution in [0.15, 0.2) is 83.3 Å². The normalized spacial score (nSPS) is 11.8. The summed E-state index contributed by atoms with van der Waals surface area (Å²) in [7, 11) is -1.68. The van der Waals surface area contributed by atoms with Crippen molar-refractivity contribution in [2.24, 2.45) is 0 Å². The molecule has 0 bridgehead atoms. The lowest BCUT2D eigenvalue weighted by Crippen LogP contribution is -2.35. The van der Waals surface area contributed by atoms with Crippen LogP contribution in [0.1, 0.15) is 48.0 Å². The number of aromatic nitrogens is 4. The molecule has 1 N–H and O–H groups in total. The quantitative estimate of drug-likeness (QED) is 0.157. The van der Waals surface area contributed by atoms with E-state index in [-0.39, 0.29) is 6.04 Å². The third-order valence-corrected chi connectivity index (χ3v) is 10.1. The molecule has 5 aromatic rings. The van der Waals surface area contributed by atoms with Crippen LogP contribution in [-0.2, 0) is 0 Å². The lowest BCUT2D eigenvalue weighted by molar-refractivity contribution is 0.449. The van der Waals surface area contributed by atoms with Gasteiger partial charge in [-0.05, 0) is 36.8 Å². The van der Waals surface area contributed by atoms with Gasteiger partial charge in [0.1, 0.15) is 5.69 Å². The summed E-state index contributed by atoms with van der Waals surface area (Å²) in [5.74, 6) is 9.66. The Morgan fingerprint density at radius 2 is 1.67 bits per heavy atom. The molecule has 1 atom stereocenters. The Kier molecular flexibility index (Phi) is 12.6. The van der Waals surface area contributed by atoms with Crippen molar-refractivity contribution < 1.29 is 0 Å². The number of rotatable bonds is 10. The van der Waals surface area contributed by atoms with E-state index in [2.05, 4.69) is 56.7 Å². The van der Waals surface area contributed by atoms with Crippen LogP contribution in [0.2, 0.25) is 5.02 Å². The molecule has 0 aliphatic carbocycles. The summed E-state index contributed by atoms with van der Waals surface area (Å²) in [6.45, 7) is 13.9. The third-order valence-electron chi connectivity index (χ3n) is 6.56. The first-order chi connectivity index (χ1) is 20.4. The predicted molar refractivity (Wildman–Crippen MR) is 189 cm³/mol. The van der Waals surface area contributed by atoms with E-state index in [0.717, 1.165) is 52.0 Å². The van der Waals surface area contributed by atoms with Gasteiger partial charge in [0.05, 0.1) is 11.4 Å². The minimum atomic E-state index is -1.68. The standard InChI is InChI=1S/C29H31ClN6S2.2C2H6/c1-5-23(20-35(6-2)38(3,4)24-14-12-22(30)13-15-24)32-28-31-17-16-25(33-28)27-26(21-10-8-7-9-11-21)34-29-36(27)18-19-37-29;2*1-2/h7-19,23H,3-6,20H2,1-2H3,(H,31,32,33);2*1-2H3. The number of fused-ring (bicyclic) bond motifs is 1. The van der Waals surface area contributed by atoms with E-state index in [1.165, 1.54) is 0 Å². The van der Waals surface area contributed by atoms with E-state index in [9.17, 15) is 0 Å². The van der Waals surface area contributed by atoms with Gasteiger partial charge in [0.25, 0.3) is 0 Å². The zero-order chi connectivity index (χ0) is 30.7. The number of hydrogen-bond donors (Lipinski definition) is 1. The van der Waals surface area contributed by atoms with Crippen LogP contribution in [0.3, 0.4) is 0 Å². The Morgan fingerprint density at radius 1 is 0.976 bits per heavy atom. The maximum Gasteiger partial charge on any atom is 0.223 e. The van der Waals surface area contributed by atoms with E-state index in [0.29, 0.717) is 11.0 Å². The van der Waals surface area contributed by atoms with Gasteiger partial charge in [-0.3, -0.25) is 8.71 Å². The molecule has 3 heterocycles. The van der Waals surface area contributed by atoms with Crippen LogP contribution in [-0.4, -0.2) is 54.5 Å². The average molecular weight is 623 g/mol. The first kappa shape index (κ1) is 33.3. The monoisotopic (exact) mass is 622 g/mol. The van der Waals surface area contributed by atoms with Crippen LogP contribution in [0, 0.1) is 0 Å². The van der Waals surface area contributed by atoms with Crippen molar-refractivity contribution >= 4 is 55.0 Å². The van der Waals surface area contributed by atoms with Crippen molar-refractivity contribution in [2.45, 2.75) is 58.9 Å². The summed E-state index contributed by atoms with van der Waals surface area (Å²) in [4.78, 5) is 16.5. The molecule has 0 fully saturated rings. The van der Waals surface area contributed by atoms with E-state index in [4.69, 9.17) is 21.6 Å². The number of nitrogens with one attached hydrogen (secondary N) is 1. The van der Waals surface area contributed by atoms with E-state index < -0.39 is 9.39 Å². The van der Waals surface area contributed by atoms with Gasteiger partial charge in [-0.2, -0.15) is 0 Å². The van der Waals surface area contributed by atoms with Crippen molar-refractivity contribution in [1.82, 2.24) is 23.7 Å². The predicted octanol–water partition coefficient (Wildman–Crippen LogP) is 9.38. The van der Waals surface area contributed by atoms with Gasteiger partial charge in [0.15, 0.2) is 4.96 Å². The van der Waals surface area contributed by atoms with Crippen LogP contribution in [0.4, 0.5) is 5.95 Å². The highest BCUT2D eigenvalue weighted by Gasteiger charge is 2.20. The van der Waals surface area contributed by atoms with Crippen molar-refractivity contribution in [3.05, 3.63) is 83.5 Å². The van der Waals surface area contributed by atoms with Crippen LogP contribution < -0.4 is 5.32 Å². The van der Waals surface area contributed by atoms with Gasteiger partial charge < -0.3 is 5.32 Å². The fourth-order valence-corrected chi connectivity index (χ4v) is 7.19. The summed E-state index contributed by atoms with van der Waals surface area (Å²) in [5, 5.41) is 6.33. The Hall–Kier alpha value is -3.17. The van der Waals surface area contributed by atoms with E-state index in [1.54, 1.807) is 11.3 Å². The number of nitrogens with zero attached hydrogens (tertiary/aromatic N) is 5. The van der Waals surface area contributed by atoms with Crippen molar-refractivity contribution in [2.75, 3.05) is 18.4 Å². The van der Waals surface area contributed by atoms with Crippen LogP contribution in [0.25, 0.3) is 27.6 Å². The number of benzene rings is 2. The molecule has 1 unspecified atom stereocenters. The number of imidazole rings is 1. The molecule has 5 rings (SSSR count). The van der Waals surface area contributed by atoms with E-state index >= 15 is 0 Å². The maximum absolute atomic E-state index is 6.12. The molecule has 2 aromatic carbocycles. The Morgan fingerprint density at radius 3 is 2.31 bits per heavy atom. The average Bonchev–Trinajstić information content (AvgIpc) is 3.64. The highest BCUT2D eigenvalue weighted by molar-refractivity contribution is 8.25. The molecule has 0 aliphatic heterocycles. The Balaban J connectivity index is 0.00000116. The van der Waals surface area contributed by atoms with Gasteiger partial charge in [-0.15, -0.1) is 20.7 Å². The second-order valence-electron chi connectivity index (χ2n) is 9.02. The molecular weight excluding hydrogens is 580 g/mol. The molecule has 42 heavy (non-hydrogen) atoms. The van der Waals surface area contributed by atoms with Gasteiger partial charge in [0, 0.05) is 52.4 Å². The second-order valence-corrected chi connectivity index (χ2v) is 13.0. The highest BCUT2D eigenvalue weighted by Crippen LogP contribution is 2.37. The number of likely N-dealkylation sites (N-methyl/N-ethyl adjacent to an activating group) is 1. The van der Waals surface area contributed by atoms with Crippen molar-refractivity contribution in [3.8, 4) is 22.6 Å². The minimum absolute atomic E-state index is 0.119. The van der Waals surface area contributed by atoms with Gasteiger partial charge in [-0.25, -0.2) is 15.0 Å². The molecule has 0 saturated carbocycles.